The van der Waals surface area contributed by atoms with E-state index in [0.29, 0.717) is 6.42 Å². The molecule has 1 aromatic rings. The molecule has 19 heavy (non-hydrogen) atoms. The SMILES string of the molecule is Cc1c(N)cc(S(=O)(=O)N(C)CCC(C)O)cc1F. The van der Waals surface area contributed by atoms with Crippen LogP contribution < -0.4 is 5.73 Å². The van der Waals surface area contributed by atoms with E-state index in [9.17, 15) is 12.8 Å². The lowest BCUT2D eigenvalue weighted by Crippen LogP contribution is -2.29. The summed E-state index contributed by atoms with van der Waals surface area (Å²) in [5.41, 5.74) is 5.90. The van der Waals surface area contributed by atoms with E-state index in [0.717, 1.165) is 10.4 Å². The number of anilines is 1. The molecule has 1 atom stereocenters. The normalized spacial score (nSPS) is 13.8. The lowest BCUT2D eigenvalue weighted by atomic mass is 10.2. The van der Waals surface area contributed by atoms with Gasteiger partial charge in [0.25, 0.3) is 0 Å². The monoisotopic (exact) mass is 290 g/mol. The Balaban J connectivity index is 3.07. The number of benzene rings is 1. The molecule has 0 aromatic heterocycles. The predicted molar refractivity (Wildman–Crippen MR) is 71.7 cm³/mol. The molecule has 108 valence electrons. The molecule has 0 bridgehead atoms. The van der Waals surface area contributed by atoms with E-state index < -0.39 is 21.9 Å². The van der Waals surface area contributed by atoms with Crippen molar-refractivity contribution >= 4 is 15.7 Å². The number of hydrogen-bond donors (Lipinski definition) is 2. The first kappa shape index (κ1) is 15.9. The van der Waals surface area contributed by atoms with E-state index in [-0.39, 0.29) is 22.7 Å². The van der Waals surface area contributed by atoms with Crippen LogP contribution in [0, 0.1) is 12.7 Å². The molecule has 7 heteroatoms. The van der Waals surface area contributed by atoms with Gasteiger partial charge in [-0.1, -0.05) is 0 Å². The summed E-state index contributed by atoms with van der Waals surface area (Å²) in [4.78, 5) is -0.179. The van der Waals surface area contributed by atoms with Gasteiger partial charge < -0.3 is 10.8 Å². The third-order valence-corrected chi connectivity index (χ3v) is 4.76. The number of nitrogen functional groups attached to an aromatic ring is 1. The first-order valence-electron chi connectivity index (χ1n) is 5.86. The van der Waals surface area contributed by atoms with Gasteiger partial charge in [0, 0.05) is 24.8 Å². The van der Waals surface area contributed by atoms with Crippen molar-refractivity contribution in [1.82, 2.24) is 4.31 Å². The molecule has 0 saturated heterocycles. The van der Waals surface area contributed by atoms with Crippen molar-refractivity contribution in [2.45, 2.75) is 31.3 Å². The van der Waals surface area contributed by atoms with E-state index in [4.69, 9.17) is 10.8 Å². The Kier molecular flexibility index (Phi) is 4.89. The highest BCUT2D eigenvalue weighted by Gasteiger charge is 2.22. The summed E-state index contributed by atoms with van der Waals surface area (Å²) in [7, 11) is -2.41. The molecule has 1 rings (SSSR count). The van der Waals surface area contributed by atoms with Crippen LogP contribution in [0.25, 0.3) is 0 Å². The molecule has 3 N–H and O–H groups in total. The number of nitrogens with two attached hydrogens (primary N) is 1. The molecule has 0 heterocycles. The fourth-order valence-corrected chi connectivity index (χ4v) is 2.73. The van der Waals surface area contributed by atoms with Crippen molar-refractivity contribution in [2.24, 2.45) is 0 Å². The van der Waals surface area contributed by atoms with Gasteiger partial charge in [0.1, 0.15) is 5.82 Å². The lowest BCUT2D eigenvalue weighted by molar-refractivity contribution is 0.177. The van der Waals surface area contributed by atoms with E-state index >= 15 is 0 Å². The molecule has 0 fully saturated rings. The van der Waals surface area contributed by atoms with Gasteiger partial charge in [-0.05, 0) is 32.4 Å². The highest BCUT2D eigenvalue weighted by Crippen LogP contribution is 2.23. The zero-order valence-corrected chi connectivity index (χ0v) is 12.0. The van der Waals surface area contributed by atoms with Crippen molar-refractivity contribution in [1.29, 1.82) is 0 Å². The van der Waals surface area contributed by atoms with Crippen LogP contribution in [0.2, 0.25) is 0 Å². The first-order valence-corrected chi connectivity index (χ1v) is 7.30. The Morgan fingerprint density at radius 1 is 1.47 bits per heavy atom. The van der Waals surface area contributed by atoms with E-state index in [2.05, 4.69) is 0 Å². The van der Waals surface area contributed by atoms with Crippen LogP contribution >= 0.6 is 0 Å². The lowest BCUT2D eigenvalue weighted by Gasteiger charge is -2.18. The van der Waals surface area contributed by atoms with Crippen molar-refractivity contribution in [2.75, 3.05) is 19.3 Å². The van der Waals surface area contributed by atoms with Crippen LogP contribution in [0.3, 0.4) is 0 Å². The summed E-state index contributed by atoms with van der Waals surface area (Å²) in [5.74, 6) is -0.650. The zero-order chi connectivity index (χ0) is 14.8. The van der Waals surface area contributed by atoms with Gasteiger partial charge in [-0.25, -0.2) is 17.1 Å². The Labute approximate surface area is 112 Å². The largest absolute Gasteiger partial charge is 0.398 e. The van der Waals surface area contributed by atoms with Gasteiger partial charge in [-0.15, -0.1) is 0 Å². The predicted octanol–water partition coefficient (Wildman–Crippen LogP) is 1.11. The molecule has 5 nitrogen and oxygen atoms in total. The van der Waals surface area contributed by atoms with E-state index in [1.807, 2.05) is 0 Å². The number of aliphatic hydroxyl groups excluding tert-OH is 1. The van der Waals surface area contributed by atoms with Crippen LogP contribution in [0.1, 0.15) is 18.9 Å². The number of halogens is 1. The number of nitrogens with zero attached hydrogens (tertiary/aromatic N) is 1. The number of hydrogen-bond acceptors (Lipinski definition) is 4. The molecule has 0 aliphatic rings. The molecule has 0 radical (unpaired) electrons. The summed E-state index contributed by atoms with van der Waals surface area (Å²) in [5, 5.41) is 9.16. The average molecular weight is 290 g/mol. The highest BCUT2D eigenvalue weighted by molar-refractivity contribution is 7.89. The van der Waals surface area contributed by atoms with E-state index in [1.165, 1.54) is 20.0 Å². The molecular weight excluding hydrogens is 271 g/mol. The number of rotatable bonds is 5. The highest BCUT2D eigenvalue weighted by atomic mass is 32.2. The van der Waals surface area contributed by atoms with Gasteiger partial charge in [0.05, 0.1) is 11.0 Å². The second kappa shape index (κ2) is 5.85. The van der Waals surface area contributed by atoms with Gasteiger partial charge in [-0.3, -0.25) is 0 Å². The molecular formula is C12H19FN2O3S. The maximum absolute atomic E-state index is 13.5. The molecule has 0 spiro atoms. The van der Waals surface area contributed by atoms with Gasteiger partial charge in [-0.2, -0.15) is 0 Å². The fourth-order valence-electron chi connectivity index (χ4n) is 1.49. The van der Waals surface area contributed by atoms with Crippen molar-refractivity contribution in [3.05, 3.63) is 23.5 Å². The van der Waals surface area contributed by atoms with Gasteiger partial charge in [0.2, 0.25) is 10.0 Å². The van der Waals surface area contributed by atoms with Crippen LogP contribution in [0.5, 0.6) is 0 Å². The molecule has 1 unspecified atom stereocenters. The summed E-state index contributed by atoms with van der Waals surface area (Å²) in [6.07, 6.45) is -0.294. The molecule has 1 aromatic carbocycles. The summed E-state index contributed by atoms with van der Waals surface area (Å²) >= 11 is 0. The van der Waals surface area contributed by atoms with Crippen molar-refractivity contribution in [3.8, 4) is 0 Å². The molecule has 0 aliphatic heterocycles. The zero-order valence-electron chi connectivity index (χ0n) is 11.2. The van der Waals surface area contributed by atoms with Crippen LogP contribution in [0.15, 0.2) is 17.0 Å². The van der Waals surface area contributed by atoms with Crippen LogP contribution in [0.4, 0.5) is 10.1 Å². The maximum atomic E-state index is 13.5. The fraction of sp³-hybridized carbons (Fsp3) is 0.500. The second-order valence-corrected chi connectivity index (χ2v) is 6.63. The van der Waals surface area contributed by atoms with E-state index in [1.54, 1.807) is 6.92 Å². The minimum Gasteiger partial charge on any atom is -0.398 e. The summed E-state index contributed by atoms with van der Waals surface area (Å²) in [6.45, 7) is 3.21. The van der Waals surface area contributed by atoms with Crippen molar-refractivity contribution in [3.63, 3.8) is 0 Å². The topological polar surface area (TPSA) is 83.6 Å². The summed E-state index contributed by atoms with van der Waals surface area (Å²) < 4.78 is 39.0. The number of sulfonamides is 1. The van der Waals surface area contributed by atoms with Crippen LogP contribution in [-0.4, -0.2) is 37.5 Å². The third kappa shape index (κ3) is 3.65. The minimum atomic E-state index is -3.79. The summed E-state index contributed by atoms with van der Waals surface area (Å²) in [6, 6.07) is 2.20. The third-order valence-electron chi connectivity index (χ3n) is 2.93. The van der Waals surface area contributed by atoms with Gasteiger partial charge in [0.15, 0.2) is 0 Å². The molecule has 0 amide bonds. The Morgan fingerprint density at radius 2 is 2.05 bits per heavy atom. The quantitative estimate of drug-likeness (QED) is 0.796. The molecule has 0 saturated carbocycles. The van der Waals surface area contributed by atoms with Crippen LogP contribution in [-0.2, 0) is 10.0 Å². The minimum absolute atomic E-state index is 0.0995. The first-order chi connectivity index (χ1) is 8.66. The Morgan fingerprint density at radius 3 is 2.53 bits per heavy atom. The molecule has 0 aliphatic carbocycles. The Bertz CT molecular complexity index is 535. The Hall–Kier alpha value is -1.18. The number of aliphatic hydroxyl groups is 1. The van der Waals surface area contributed by atoms with Gasteiger partial charge >= 0.3 is 0 Å². The average Bonchev–Trinajstić information content (AvgIpc) is 2.31. The smallest absolute Gasteiger partial charge is 0.242 e. The van der Waals surface area contributed by atoms with Crippen molar-refractivity contribution < 1.29 is 17.9 Å². The standard InChI is InChI=1S/C12H19FN2O3S/c1-8(16)4-5-15(3)19(17,18)10-6-11(13)9(2)12(14)7-10/h6-8,16H,4-5,14H2,1-3H3. The second-order valence-electron chi connectivity index (χ2n) is 4.58. The maximum Gasteiger partial charge on any atom is 0.242 e.